The number of rotatable bonds is 5. The fourth-order valence-corrected chi connectivity index (χ4v) is 3.22. The first-order valence-electron chi connectivity index (χ1n) is 8.51. The SMILES string of the molecule is Cc1cc(CN(C)C(=O)CN2C[C@@H](c3ccccc3)CC2=O)ccn1. The number of likely N-dealkylation sites (N-methyl/N-ethyl adjacent to an activating group) is 1. The number of carbonyl (C=O) groups is 2. The summed E-state index contributed by atoms with van der Waals surface area (Å²) >= 11 is 0. The first-order valence-corrected chi connectivity index (χ1v) is 8.51. The van der Waals surface area contributed by atoms with Gasteiger partial charge in [0.25, 0.3) is 0 Å². The molecule has 2 amide bonds. The highest BCUT2D eigenvalue weighted by Crippen LogP contribution is 2.27. The summed E-state index contributed by atoms with van der Waals surface area (Å²) in [5.41, 5.74) is 3.13. The van der Waals surface area contributed by atoms with E-state index in [9.17, 15) is 9.59 Å². The van der Waals surface area contributed by atoms with E-state index in [-0.39, 0.29) is 24.3 Å². The van der Waals surface area contributed by atoms with Gasteiger partial charge < -0.3 is 9.80 Å². The van der Waals surface area contributed by atoms with E-state index in [1.54, 1.807) is 23.0 Å². The van der Waals surface area contributed by atoms with Crippen molar-refractivity contribution in [2.45, 2.75) is 25.8 Å². The van der Waals surface area contributed by atoms with E-state index in [1.807, 2.05) is 49.4 Å². The highest BCUT2D eigenvalue weighted by atomic mass is 16.2. The lowest BCUT2D eigenvalue weighted by Crippen LogP contribution is -2.38. The molecule has 1 aliphatic rings. The van der Waals surface area contributed by atoms with Crippen molar-refractivity contribution in [3.8, 4) is 0 Å². The number of likely N-dealkylation sites (tertiary alicyclic amines) is 1. The Hall–Kier alpha value is -2.69. The molecule has 1 atom stereocenters. The van der Waals surface area contributed by atoms with Crippen LogP contribution in [0.5, 0.6) is 0 Å². The normalized spacial score (nSPS) is 17.0. The fourth-order valence-electron chi connectivity index (χ4n) is 3.22. The number of hydrogen-bond acceptors (Lipinski definition) is 3. The number of benzene rings is 1. The monoisotopic (exact) mass is 337 g/mol. The van der Waals surface area contributed by atoms with Crippen molar-refractivity contribution in [3.05, 3.63) is 65.5 Å². The largest absolute Gasteiger partial charge is 0.340 e. The summed E-state index contributed by atoms with van der Waals surface area (Å²) in [6.45, 7) is 3.20. The molecule has 0 aliphatic carbocycles. The molecule has 1 aromatic carbocycles. The molecular formula is C20H23N3O2. The number of aryl methyl sites for hydroxylation is 1. The summed E-state index contributed by atoms with van der Waals surface area (Å²) in [4.78, 5) is 32.3. The highest BCUT2D eigenvalue weighted by Gasteiger charge is 2.32. The molecule has 2 heterocycles. The number of amides is 2. The molecule has 1 aromatic heterocycles. The van der Waals surface area contributed by atoms with E-state index in [2.05, 4.69) is 4.98 Å². The molecular weight excluding hydrogens is 314 g/mol. The summed E-state index contributed by atoms with van der Waals surface area (Å²) in [5, 5.41) is 0. The van der Waals surface area contributed by atoms with Crippen LogP contribution in [-0.2, 0) is 16.1 Å². The third kappa shape index (κ3) is 4.24. The second-order valence-electron chi connectivity index (χ2n) is 6.64. The number of pyridine rings is 1. The Balaban J connectivity index is 1.58. The molecule has 0 unspecified atom stereocenters. The fraction of sp³-hybridized carbons (Fsp3) is 0.350. The molecule has 0 saturated carbocycles. The maximum atomic E-state index is 12.5. The van der Waals surface area contributed by atoms with Crippen molar-refractivity contribution in [1.82, 2.24) is 14.8 Å². The maximum absolute atomic E-state index is 12.5. The third-order valence-electron chi connectivity index (χ3n) is 4.62. The minimum atomic E-state index is -0.0449. The van der Waals surface area contributed by atoms with Crippen molar-refractivity contribution in [2.24, 2.45) is 0 Å². The van der Waals surface area contributed by atoms with Gasteiger partial charge >= 0.3 is 0 Å². The lowest BCUT2D eigenvalue weighted by atomic mass is 9.99. The van der Waals surface area contributed by atoms with Crippen molar-refractivity contribution < 1.29 is 9.59 Å². The van der Waals surface area contributed by atoms with Gasteiger partial charge in [-0.2, -0.15) is 0 Å². The van der Waals surface area contributed by atoms with Gasteiger partial charge in [-0.1, -0.05) is 30.3 Å². The summed E-state index contributed by atoms with van der Waals surface area (Å²) < 4.78 is 0. The van der Waals surface area contributed by atoms with Crippen LogP contribution >= 0.6 is 0 Å². The Morgan fingerprint density at radius 1 is 1.28 bits per heavy atom. The topological polar surface area (TPSA) is 53.5 Å². The lowest BCUT2D eigenvalue weighted by molar-refractivity contribution is -0.137. The van der Waals surface area contributed by atoms with Gasteiger partial charge in [0.2, 0.25) is 11.8 Å². The zero-order valence-electron chi connectivity index (χ0n) is 14.7. The predicted molar refractivity (Wildman–Crippen MR) is 95.8 cm³/mol. The van der Waals surface area contributed by atoms with Crippen LogP contribution < -0.4 is 0 Å². The van der Waals surface area contributed by atoms with Crippen LogP contribution in [0, 0.1) is 6.92 Å². The first-order chi connectivity index (χ1) is 12.0. The van der Waals surface area contributed by atoms with E-state index >= 15 is 0 Å². The van der Waals surface area contributed by atoms with Crippen LogP contribution in [0.15, 0.2) is 48.7 Å². The molecule has 5 nitrogen and oxygen atoms in total. The lowest BCUT2D eigenvalue weighted by Gasteiger charge is -2.22. The number of carbonyl (C=O) groups excluding carboxylic acids is 2. The number of aromatic nitrogens is 1. The van der Waals surface area contributed by atoms with Crippen LogP contribution in [0.4, 0.5) is 0 Å². The molecule has 25 heavy (non-hydrogen) atoms. The Bertz CT molecular complexity index is 761. The van der Waals surface area contributed by atoms with Gasteiger partial charge in [0.05, 0.1) is 6.54 Å². The second-order valence-corrected chi connectivity index (χ2v) is 6.64. The molecule has 1 fully saturated rings. The van der Waals surface area contributed by atoms with Gasteiger partial charge in [0, 0.05) is 44.4 Å². The molecule has 0 radical (unpaired) electrons. The van der Waals surface area contributed by atoms with Crippen LogP contribution in [0.3, 0.4) is 0 Å². The second kappa shape index (κ2) is 7.47. The third-order valence-corrected chi connectivity index (χ3v) is 4.62. The Kier molecular flexibility index (Phi) is 5.12. The highest BCUT2D eigenvalue weighted by molar-refractivity contribution is 5.86. The van der Waals surface area contributed by atoms with Gasteiger partial charge in [0.1, 0.15) is 0 Å². The van der Waals surface area contributed by atoms with Crippen molar-refractivity contribution in [1.29, 1.82) is 0 Å². The van der Waals surface area contributed by atoms with E-state index in [0.717, 1.165) is 16.8 Å². The molecule has 3 rings (SSSR count). The summed E-state index contributed by atoms with van der Waals surface area (Å²) in [6, 6.07) is 13.9. The predicted octanol–water partition coefficient (Wildman–Crippen LogP) is 2.36. The first kappa shape index (κ1) is 17.1. The maximum Gasteiger partial charge on any atom is 0.242 e. The minimum absolute atomic E-state index is 0.0449. The molecule has 2 aromatic rings. The molecule has 0 bridgehead atoms. The quantitative estimate of drug-likeness (QED) is 0.842. The number of hydrogen-bond donors (Lipinski definition) is 0. The summed E-state index contributed by atoms with van der Waals surface area (Å²) in [7, 11) is 1.77. The Labute approximate surface area is 148 Å². The zero-order chi connectivity index (χ0) is 17.8. The van der Waals surface area contributed by atoms with Crippen LogP contribution in [0.2, 0.25) is 0 Å². The van der Waals surface area contributed by atoms with E-state index < -0.39 is 0 Å². The van der Waals surface area contributed by atoms with Gasteiger partial charge in [0.15, 0.2) is 0 Å². The van der Waals surface area contributed by atoms with Gasteiger partial charge in [-0.05, 0) is 30.2 Å². The number of nitrogens with zero attached hydrogens (tertiary/aromatic N) is 3. The molecule has 5 heteroatoms. The van der Waals surface area contributed by atoms with Crippen molar-refractivity contribution >= 4 is 11.8 Å². The average molecular weight is 337 g/mol. The van der Waals surface area contributed by atoms with E-state index in [0.29, 0.717) is 19.5 Å². The van der Waals surface area contributed by atoms with Crippen molar-refractivity contribution in [2.75, 3.05) is 20.1 Å². The van der Waals surface area contributed by atoms with Gasteiger partial charge in [-0.15, -0.1) is 0 Å². The minimum Gasteiger partial charge on any atom is -0.340 e. The zero-order valence-corrected chi connectivity index (χ0v) is 14.7. The van der Waals surface area contributed by atoms with Crippen molar-refractivity contribution in [3.63, 3.8) is 0 Å². The van der Waals surface area contributed by atoms with E-state index in [1.165, 1.54) is 0 Å². The van der Waals surface area contributed by atoms with Crippen LogP contribution in [0.1, 0.15) is 29.2 Å². The molecule has 1 aliphatic heterocycles. The Morgan fingerprint density at radius 2 is 2.04 bits per heavy atom. The summed E-state index contributed by atoms with van der Waals surface area (Å²) in [6.07, 6.45) is 2.22. The van der Waals surface area contributed by atoms with Crippen LogP contribution in [0.25, 0.3) is 0 Å². The average Bonchev–Trinajstić information content (AvgIpc) is 2.96. The molecule has 0 spiro atoms. The summed E-state index contributed by atoms with van der Waals surface area (Å²) in [5.74, 6) is 0.182. The smallest absolute Gasteiger partial charge is 0.242 e. The van der Waals surface area contributed by atoms with Crippen LogP contribution in [-0.4, -0.2) is 46.7 Å². The van der Waals surface area contributed by atoms with Gasteiger partial charge in [-0.3, -0.25) is 14.6 Å². The molecule has 0 N–H and O–H groups in total. The standard InChI is InChI=1S/C20H23N3O2/c1-15-10-16(8-9-21-15)12-22(2)20(25)14-23-13-18(11-19(23)24)17-6-4-3-5-7-17/h3-10,18H,11-14H2,1-2H3/t18-/m0/s1. The molecule has 130 valence electrons. The van der Waals surface area contributed by atoms with Gasteiger partial charge in [-0.25, -0.2) is 0 Å². The van der Waals surface area contributed by atoms with E-state index in [4.69, 9.17) is 0 Å². The molecule has 1 saturated heterocycles. The Morgan fingerprint density at radius 3 is 2.76 bits per heavy atom.